The summed E-state index contributed by atoms with van der Waals surface area (Å²) in [5.74, 6) is 0. The van der Waals surface area contributed by atoms with Gasteiger partial charge in [0.15, 0.2) is 0 Å². The fourth-order valence-electron chi connectivity index (χ4n) is 2.72. The molecule has 0 atom stereocenters. The first-order chi connectivity index (χ1) is 11.1. The van der Waals surface area contributed by atoms with Crippen LogP contribution in [0.25, 0.3) is 0 Å². The lowest BCUT2D eigenvalue weighted by Gasteiger charge is -2.17. The quantitative estimate of drug-likeness (QED) is 0.376. The lowest BCUT2D eigenvalue weighted by Crippen LogP contribution is -2.09. The van der Waals surface area contributed by atoms with Gasteiger partial charge in [-0.1, -0.05) is 56.2 Å². The van der Waals surface area contributed by atoms with Gasteiger partial charge in [0.2, 0.25) is 0 Å². The van der Waals surface area contributed by atoms with Crippen LogP contribution in [0.15, 0.2) is 84.7 Å². The Hall–Kier alpha value is -2.02. The Bertz CT molecular complexity index is 540. The maximum atomic E-state index is 4.25. The van der Waals surface area contributed by atoms with E-state index in [-0.39, 0.29) is 0 Å². The molecular weight excluding hydrogens is 278 g/mol. The average Bonchev–Trinajstić information content (AvgIpc) is 2.58. The maximum absolute atomic E-state index is 4.25. The Kier molecular flexibility index (Phi) is 8.82. The molecule has 0 unspecified atom stereocenters. The molecule has 0 saturated carbocycles. The van der Waals surface area contributed by atoms with E-state index in [0.29, 0.717) is 0 Å². The van der Waals surface area contributed by atoms with Crippen LogP contribution in [0.3, 0.4) is 0 Å². The van der Waals surface area contributed by atoms with Gasteiger partial charge in [0, 0.05) is 6.54 Å². The van der Waals surface area contributed by atoms with Crippen LogP contribution in [0.1, 0.15) is 45.4 Å². The Labute approximate surface area is 142 Å². The molecule has 0 aromatic carbocycles. The first kappa shape index (κ1) is 19.0. The summed E-state index contributed by atoms with van der Waals surface area (Å²) in [6.07, 6.45) is 16.8. The van der Waals surface area contributed by atoms with E-state index in [9.17, 15) is 0 Å². The topological polar surface area (TPSA) is 12.0 Å². The van der Waals surface area contributed by atoms with Crippen LogP contribution < -0.4 is 5.32 Å². The Balaban J connectivity index is 2.66. The summed E-state index contributed by atoms with van der Waals surface area (Å²) in [7, 11) is 0. The normalized spacial score (nSPS) is 15.6. The number of rotatable bonds is 10. The summed E-state index contributed by atoms with van der Waals surface area (Å²) in [5, 5.41) is 3.22. The minimum atomic E-state index is 0.816. The third-order valence-corrected chi connectivity index (χ3v) is 4.18. The lowest BCUT2D eigenvalue weighted by molar-refractivity contribution is 0.693. The predicted molar refractivity (Wildman–Crippen MR) is 104 cm³/mol. The van der Waals surface area contributed by atoms with Crippen molar-refractivity contribution in [3.05, 3.63) is 84.7 Å². The second kappa shape index (κ2) is 10.7. The molecule has 0 spiro atoms. The Morgan fingerprint density at radius 3 is 2.39 bits per heavy atom. The Morgan fingerprint density at radius 1 is 1.09 bits per heavy atom. The van der Waals surface area contributed by atoms with Crippen LogP contribution in [0.4, 0.5) is 0 Å². The van der Waals surface area contributed by atoms with Gasteiger partial charge in [0.1, 0.15) is 0 Å². The molecule has 0 radical (unpaired) electrons. The smallest absolute Gasteiger partial charge is 0.0352 e. The second-order valence-electron chi connectivity index (χ2n) is 6.00. The third-order valence-electron chi connectivity index (χ3n) is 4.18. The summed E-state index contributed by atoms with van der Waals surface area (Å²) in [6, 6.07) is 0. The highest BCUT2D eigenvalue weighted by atomic mass is 14.8. The van der Waals surface area contributed by atoms with Crippen molar-refractivity contribution in [2.75, 3.05) is 6.54 Å². The van der Waals surface area contributed by atoms with E-state index in [1.165, 1.54) is 29.6 Å². The summed E-state index contributed by atoms with van der Waals surface area (Å²) < 4.78 is 0. The van der Waals surface area contributed by atoms with Gasteiger partial charge in [-0.15, -0.1) is 0 Å². The van der Waals surface area contributed by atoms with Crippen molar-refractivity contribution in [1.82, 2.24) is 5.32 Å². The van der Waals surface area contributed by atoms with Crippen LogP contribution in [0.5, 0.6) is 0 Å². The number of allylic oxidation sites excluding steroid dienone is 8. The van der Waals surface area contributed by atoms with Crippen LogP contribution in [0, 0.1) is 0 Å². The van der Waals surface area contributed by atoms with Gasteiger partial charge in [0.25, 0.3) is 0 Å². The molecule has 0 heterocycles. The number of hydrogen-bond donors (Lipinski definition) is 1. The van der Waals surface area contributed by atoms with E-state index in [1.807, 2.05) is 31.4 Å². The molecule has 1 nitrogen and oxygen atoms in total. The molecule has 124 valence electrons. The van der Waals surface area contributed by atoms with Crippen LogP contribution >= 0.6 is 0 Å². The monoisotopic (exact) mass is 309 g/mol. The first-order valence-corrected chi connectivity index (χ1v) is 8.50. The van der Waals surface area contributed by atoms with Gasteiger partial charge in [-0.3, -0.25) is 0 Å². The van der Waals surface area contributed by atoms with Crippen molar-refractivity contribution in [2.45, 2.75) is 45.4 Å². The van der Waals surface area contributed by atoms with E-state index in [1.54, 1.807) is 0 Å². The van der Waals surface area contributed by atoms with Crippen molar-refractivity contribution in [2.24, 2.45) is 0 Å². The largest absolute Gasteiger partial charge is 0.387 e. The van der Waals surface area contributed by atoms with Crippen LogP contribution in [0.2, 0.25) is 0 Å². The van der Waals surface area contributed by atoms with Gasteiger partial charge >= 0.3 is 0 Å². The highest BCUT2D eigenvalue weighted by molar-refractivity contribution is 5.45. The van der Waals surface area contributed by atoms with Gasteiger partial charge < -0.3 is 5.32 Å². The SMILES string of the molecule is C=CC1=C(/C=C(\C=C)C(=C)CCC(=C)CN/C=C\C)CCCC1. The second-order valence-corrected chi connectivity index (χ2v) is 6.00. The molecule has 1 N–H and O–H groups in total. The lowest BCUT2D eigenvalue weighted by atomic mass is 9.89. The third kappa shape index (κ3) is 6.73. The van der Waals surface area contributed by atoms with Crippen molar-refractivity contribution in [3.63, 3.8) is 0 Å². The van der Waals surface area contributed by atoms with Crippen LogP contribution in [-0.2, 0) is 0 Å². The summed E-state index contributed by atoms with van der Waals surface area (Å²) in [5.41, 5.74) is 6.25. The maximum Gasteiger partial charge on any atom is 0.0352 e. The predicted octanol–water partition coefficient (Wildman–Crippen LogP) is 6.17. The fourth-order valence-corrected chi connectivity index (χ4v) is 2.72. The molecule has 1 aliphatic rings. The molecule has 1 rings (SSSR count). The van der Waals surface area contributed by atoms with Crippen LogP contribution in [-0.4, -0.2) is 6.54 Å². The molecule has 0 fully saturated rings. The summed E-state index contributed by atoms with van der Waals surface area (Å²) >= 11 is 0. The first-order valence-electron chi connectivity index (χ1n) is 8.50. The highest BCUT2D eigenvalue weighted by Crippen LogP contribution is 2.29. The zero-order valence-electron chi connectivity index (χ0n) is 14.7. The average molecular weight is 309 g/mol. The number of hydrogen-bond acceptors (Lipinski definition) is 1. The molecule has 0 amide bonds. The molecule has 0 aromatic heterocycles. The molecule has 1 heteroatoms. The van der Waals surface area contributed by atoms with Gasteiger partial charge in [0.05, 0.1) is 0 Å². The molecule has 0 saturated heterocycles. The molecule has 23 heavy (non-hydrogen) atoms. The van der Waals surface area contributed by atoms with Crippen molar-refractivity contribution >= 4 is 0 Å². The van der Waals surface area contributed by atoms with Gasteiger partial charge in [-0.05, 0) is 73.9 Å². The van der Waals surface area contributed by atoms with Gasteiger partial charge in [-0.25, -0.2) is 0 Å². The summed E-state index contributed by atoms with van der Waals surface area (Å²) in [6.45, 7) is 19.1. The van der Waals surface area contributed by atoms with Crippen molar-refractivity contribution < 1.29 is 0 Å². The molecule has 1 aliphatic carbocycles. The minimum Gasteiger partial charge on any atom is -0.387 e. The van der Waals surface area contributed by atoms with E-state index >= 15 is 0 Å². The Morgan fingerprint density at radius 2 is 1.78 bits per heavy atom. The van der Waals surface area contributed by atoms with Crippen molar-refractivity contribution in [1.29, 1.82) is 0 Å². The molecular formula is C22H31N. The van der Waals surface area contributed by atoms with E-state index < -0.39 is 0 Å². The molecule has 0 aliphatic heterocycles. The van der Waals surface area contributed by atoms with E-state index in [2.05, 4.69) is 37.7 Å². The van der Waals surface area contributed by atoms with Gasteiger partial charge in [-0.2, -0.15) is 0 Å². The number of nitrogens with one attached hydrogen (secondary N) is 1. The zero-order valence-corrected chi connectivity index (χ0v) is 14.7. The minimum absolute atomic E-state index is 0.816. The molecule has 0 aromatic rings. The van der Waals surface area contributed by atoms with Crippen molar-refractivity contribution in [3.8, 4) is 0 Å². The van der Waals surface area contributed by atoms with E-state index in [0.717, 1.165) is 43.4 Å². The zero-order chi connectivity index (χ0) is 17.1. The standard InChI is InChI=1S/C22H31N/c1-6-15-23-17-18(4)13-14-19(5)21(8-3)16-22-12-10-9-11-20(22)7-2/h6-8,15-16,23H,2-5,9-14,17H2,1H3/b15-6-,21-16+. The highest BCUT2D eigenvalue weighted by Gasteiger charge is 2.10. The van der Waals surface area contributed by atoms with E-state index in [4.69, 9.17) is 0 Å². The fraction of sp³-hybridized carbons (Fsp3) is 0.364. The summed E-state index contributed by atoms with van der Waals surface area (Å²) in [4.78, 5) is 0. The molecule has 0 bridgehead atoms.